The van der Waals surface area contributed by atoms with Gasteiger partial charge in [-0.3, -0.25) is 4.79 Å². The summed E-state index contributed by atoms with van der Waals surface area (Å²) in [5.41, 5.74) is 1.75. The molecule has 0 aromatic heterocycles. The van der Waals surface area contributed by atoms with E-state index in [9.17, 15) is 4.79 Å². The molecule has 0 saturated heterocycles. The van der Waals surface area contributed by atoms with Gasteiger partial charge in [-0.1, -0.05) is 67.3 Å². The summed E-state index contributed by atoms with van der Waals surface area (Å²) in [6.45, 7) is 1.98. The predicted octanol–water partition coefficient (Wildman–Crippen LogP) is 3.95. The molecule has 0 aliphatic heterocycles. The SMILES string of the molecule is C[C@H](C#Cc1ccccc1)CC(=O)c1ccccc1. The Morgan fingerprint density at radius 2 is 1.58 bits per heavy atom. The van der Waals surface area contributed by atoms with Gasteiger partial charge in [0.05, 0.1) is 0 Å². The third-order valence-corrected chi connectivity index (χ3v) is 2.82. The van der Waals surface area contributed by atoms with Gasteiger partial charge in [0.1, 0.15) is 0 Å². The molecule has 0 radical (unpaired) electrons. The van der Waals surface area contributed by atoms with Crippen molar-refractivity contribution >= 4 is 5.78 Å². The number of carbonyl (C=O) groups is 1. The van der Waals surface area contributed by atoms with Crippen molar-refractivity contribution in [2.24, 2.45) is 5.92 Å². The molecule has 1 atom stereocenters. The second-order valence-electron chi connectivity index (χ2n) is 4.53. The molecule has 2 rings (SSSR count). The minimum Gasteiger partial charge on any atom is -0.294 e. The third kappa shape index (κ3) is 4.12. The van der Waals surface area contributed by atoms with Crippen LogP contribution in [0, 0.1) is 17.8 Å². The highest BCUT2D eigenvalue weighted by Crippen LogP contribution is 2.09. The third-order valence-electron chi connectivity index (χ3n) is 2.82. The van der Waals surface area contributed by atoms with Gasteiger partial charge in [0.25, 0.3) is 0 Å². The summed E-state index contributed by atoms with van der Waals surface area (Å²) >= 11 is 0. The molecule has 2 aromatic carbocycles. The lowest BCUT2D eigenvalue weighted by molar-refractivity contribution is 0.0973. The second-order valence-corrected chi connectivity index (χ2v) is 4.53. The monoisotopic (exact) mass is 248 g/mol. The average Bonchev–Trinajstić information content (AvgIpc) is 2.47. The van der Waals surface area contributed by atoms with E-state index in [0.717, 1.165) is 11.1 Å². The predicted molar refractivity (Wildman–Crippen MR) is 77.9 cm³/mol. The molecule has 19 heavy (non-hydrogen) atoms. The lowest BCUT2D eigenvalue weighted by Crippen LogP contribution is -2.04. The van der Waals surface area contributed by atoms with Gasteiger partial charge in [-0.2, -0.15) is 0 Å². The first kappa shape index (κ1) is 13.1. The summed E-state index contributed by atoms with van der Waals surface area (Å²) in [5, 5.41) is 0. The lowest BCUT2D eigenvalue weighted by Gasteiger charge is -2.03. The quantitative estimate of drug-likeness (QED) is 0.594. The number of Topliss-reactive ketones (excluding diaryl/α,β-unsaturated/α-hetero) is 1. The topological polar surface area (TPSA) is 17.1 Å². The van der Waals surface area contributed by atoms with Crippen molar-refractivity contribution in [1.29, 1.82) is 0 Å². The molecule has 0 N–H and O–H groups in total. The Labute approximate surface area is 114 Å². The zero-order valence-corrected chi connectivity index (χ0v) is 11.0. The zero-order chi connectivity index (χ0) is 13.5. The van der Waals surface area contributed by atoms with Gasteiger partial charge in [-0.25, -0.2) is 0 Å². The van der Waals surface area contributed by atoms with E-state index in [1.54, 1.807) is 0 Å². The van der Waals surface area contributed by atoms with E-state index < -0.39 is 0 Å². The van der Waals surface area contributed by atoms with Crippen LogP contribution in [0.4, 0.5) is 0 Å². The number of benzene rings is 2. The van der Waals surface area contributed by atoms with Crippen molar-refractivity contribution in [3.05, 3.63) is 71.8 Å². The van der Waals surface area contributed by atoms with Crippen molar-refractivity contribution in [3.63, 3.8) is 0 Å². The number of hydrogen-bond acceptors (Lipinski definition) is 1. The van der Waals surface area contributed by atoms with E-state index in [1.807, 2.05) is 67.6 Å². The fraction of sp³-hybridized carbons (Fsp3) is 0.167. The summed E-state index contributed by atoms with van der Waals surface area (Å²) < 4.78 is 0. The molecule has 0 spiro atoms. The summed E-state index contributed by atoms with van der Waals surface area (Å²) in [7, 11) is 0. The zero-order valence-electron chi connectivity index (χ0n) is 11.0. The van der Waals surface area contributed by atoms with Crippen molar-refractivity contribution < 1.29 is 4.79 Å². The summed E-state index contributed by atoms with van der Waals surface area (Å²) in [5.74, 6) is 6.44. The molecule has 0 aliphatic carbocycles. The van der Waals surface area contributed by atoms with Crippen LogP contribution in [0.3, 0.4) is 0 Å². The van der Waals surface area contributed by atoms with Crippen LogP contribution in [0.25, 0.3) is 0 Å². The molecule has 0 bridgehead atoms. The van der Waals surface area contributed by atoms with Crippen LogP contribution >= 0.6 is 0 Å². The number of rotatable bonds is 3. The Balaban J connectivity index is 1.97. The molecule has 0 heterocycles. The lowest BCUT2D eigenvalue weighted by atomic mass is 10.00. The highest BCUT2D eigenvalue weighted by molar-refractivity contribution is 5.96. The Morgan fingerprint density at radius 3 is 2.21 bits per heavy atom. The standard InChI is InChI=1S/C18H16O/c1-15(12-13-16-8-4-2-5-9-16)14-18(19)17-10-6-3-7-11-17/h2-11,15H,14H2,1H3/t15-/m1/s1. The molecular formula is C18H16O. The van der Waals surface area contributed by atoms with Crippen LogP contribution in [0.1, 0.15) is 29.3 Å². The van der Waals surface area contributed by atoms with Crippen molar-refractivity contribution in [2.45, 2.75) is 13.3 Å². The van der Waals surface area contributed by atoms with E-state index in [4.69, 9.17) is 0 Å². The largest absolute Gasteiger partial charge is 0.294 e. The smallest absolute Gasteiger partial charge is 0.164 e. The maximum absolute atomic E-state index is 12.0. The molecule has 1 nitrogen and oxygen atoms in total. The Bertz CT molecular complexity index is 588. The molecule has 0 fully saturated rings. The van der Waals surface area contributed by atoms with Gasteiger partial charge in [0.2, 0.25) is 0 Å². The van der Waals surface area contributed by atoms with Crippen molar-refractivity contribution in [3.8, 4) is 11.8 Å². The molecule has 0 aliphatic rings. The highest BCUT2D eigenvalue weighted by Gasteiger charge is 2.08. The number of hydrogen-bond donors (Lipinski definition) is 0. The number of carbonyl (C=O) groups excluding carboxylic acids is 1. The number of ketones is 1. The summed E-state index contributed by atoms with van der Waals surface area (Å²) in [6.07, 6.45) is 0.462. The first-order valence-corrected chi connectivity index (χ1v) is 6.40. The second kappa shape index (κ2) is 6.56. The first-order chi connectivity index (χ1) is 9.25. The van der Waals surface area contributed by atoms with Gasteiger partial charge in [0, 0.05) is 23.5 Å². The minimum absolute atomic E-state index is 0.0629. The maximum Gasteiger partial charge on any atom is 0.164 e. The Morgan fingerprint density at radius 1 is 1.00 bits per heavy atom. The van der Waals surface area contributed by atoms with E-state index in [0.29, 0.717) is 6.42 Å². The average molecular weight is 248 g/mol. The minimum atomic E-state index is 0.0629. The van der Waals surface area contributed by atoms with Gasteiger partial charge in [-0.15, -0.1) is 0 Å². The van der Waals surface area contributed by atoms with Crippen LogP contribution in [-0.2, 0) is 0 Å². The summed E-state index contributed by atoms with van der Waals surface area (Å²) in [6, 6.07) is 19.2. The van der Waals surface area contributed by atoms with Gasteiger partial charge in [-0.05, 0) is 12.1 Å². The van der Waals surface area contributed by atoms with Crippen LogP contribution in [0.15, 0.2) is 60.7 Å². The Hall–Kier alpha value is -2.33. The fourth-order valence-electron chi connectivity index (χ4n) is 1.80. The van der Waals surface area contributed by atoms with Gasteiger partial charge < -0.3 is 0 Å². The van der Waals surface area contributed by atoms with Crippen LogP contribution in [-0.4, -0.2) is 5.78 Å². The Kier molecular flexibility index (Phi) is 4.53. The summed E-state index contributed by atoms with van der Waals surface area (Å²) in [4.78, 5) is 12.0. The van der Waals surface area contributed by atoms with E-state index in [1.165, 1.54) is 0 Å². The van der Waals surface area contributed by atoms with Crippen LogP contribution in [0.5, 0.6) is 0 Å². The molecule has 0 amide bonds. The van der Waals surface area contributed by atoms with E-state index in [2.05, 4.69) is 11.8 Å². The molecule has 2 aromatic rings. The fourth-order valence-corrected chi connectivity index (χ4v) is 1.80. The molecular weight excluding hydrogens is 232 g/mol. The first-order valence-electron chi connectivity index (χ1n) is 6.40. The van der Waals surface area contributed by atoms with Crippen molar-refractivity contribution in [2.75, 3.05) is 0 Å². The van der Waals surface area contributed by atoms with Crippen LogP contribution in [0.2, 0.25) is 0 Å². The maximum atomic E-state index is 12.0. The normalized spacial score (nSPS) is 11.2. The van der Waals surface area contributed by atoms with E-state index in [-0.39, 0.29) is 11.7 Å². The van der Waals surface area contributed by atoms with E-state index >= 15 is 0 Å². The van der Waals surface area contributed by atoms with Gasteiger partial charge in [0.15, 0.2) is 5.78 Å². The molecule has 1 heteroatoms. The molecule has 94 valence electrons. The van der Waals surface area contributed by atoms with Crippen molar-refractivity contribution in [1.82, 2.24) is 0 Å². The van der Waals surface area contributed by atoms with Gasteiger partial charge >= 0.3 is 0 Å². The van der Waals surface area contributed by atoms with Crippen LogP contribution < -0.4 is 0 Å². The highest BCUT2D eigenvalue weighted by atomic mass is 16.1. The molecule has 0 saturated carbocycles. The molecule has 0 unspecified atom stereocenters.